The number of thioether (sulfide) groups is 1. The van der Waals surface area contributed by atoms with Crippen LogP contribution in [0.4, 0.5) is 10.1 Å². The molecule has 0 N–H and O–H groups in total. The smallest absolute Gasteiger partial charge is 0.161 e. The van der Waals surface area contributed by atoms with Crippen molar-refractivity contribution in [1.29, 1.82) is 0 Å². The lowest BCUT2D eigenvalue weighted by Gasteiger charge is -2.22. The highest BCUT2D eigenvalue weighted by atomic mass is 32.2. The Kier molecular flexibility index (Phi) is 5.66. The van der Waals surface area contributed by atoms with Gasteiger partial charge in [-0.05, 0) is 50.0 Å². The molecule has 0 aliphatic rings. The highest BCUT2D eigenvalue weighted by molar-refractivity contribution is 7.98. The molecule has 0 amide bonds. The summed E-state index contributed by atoms with van der Waals surface area (Å²) in [5.74, 6) is 0.669. The van der Waals surface area contributed by atoms with E-state index < -0.39 is 0 Å². The molecule has 18 heavy (non-hydrogen) atoms. The largest absolute Gasteiger partial charge is 0.374 e. The fraction of sp³-hybridized carbons (Fsp3) is 0.500. The normalized spacial score (nSPS) is 10.5. The SMILES string of the molecule is CSCCCN(C)c1cc(C)c(F)cc1C(C)=O. The van der Waals surface area contributed by atoms with E-state index >= 15 is 0 Å². The van der Waals surface area contributed by atoms with Crippen molar-refractivity contribution in [2.24, 2.45) is 0 Å². The summed E-state index contributed by atoms with van der Waals surface area (Å²) in [5, 5.41) is 0. The van der Waals surface area contributed by atoms with Gasteiger partial charge >= 0.3 is 0 Å². The van der Waals surface area contributed by atoms with Crippen molar-refractivity contribution in [3.8, 4) is 0 Å². The van der Waals surface area contributed by atoms with Gasteiger partial charge in [-0.1, -0.05) is 0 Å². The van der Waals surface area contributed by atoms with Gasteiger partial charge in [0, 0.05) is 24.8 Å². The Morgan fingerprint density at radius 2 is 2.11 bits per heavy atom. The summed E-state index contributed by atoms with van der Waals surface area (Å²) in [7, 11) is 1.94. The van der Waals surface area contributed by atoms with Crippen LogP contribution < -0.4 is 4.90 Å². The molecule has 1 aromatic carbocycles. The fourth-order valence-electron chi connectivity index (χ4n) is 1.83. The van der Waals surface area contributed by atoms with E-state index in [0.29, 0.717) is 11.1 Å². The Morgan fingerprint density at radius 1 is 1.44 bits per heavy atom. The predicted molar refractivity (Wildman–Crippen MR) is 77.4 cm³/mol. The number of carbonyl (C=O) groups is 1. The van der Waals surface area contributed by atoms with Crippen LogP contribution in [0, 0.1) is 12.7 Å². The van der Waals surface area contributed by atoms with Gasteiger partial charge in [0.25, 0.3) is 0 Å². The number of benzene rings is 1. The van der Waals surface area contributed by atoms with Crippen LogP contribution in [0.15, 0.2) is 12.1 Å². The molecule has 0 fully saturated rings. The zero-order valence-corrected chi connectivity index (χ0v) is 12.2. The van der Waals surface area contributed by atoms with E-state index in [1.807, 2.05) is 11.9 Å². The lowest BCUT2D eigenvalue weighted by Crippen LogP contribution is -2.21. The number of aryl methyl sites for hydroxylation is 1. The van der Waals surface area contributed by atoms with Gasteiger partial charge in [-0.25, -0.2) is 4.39 Å². The highest BCUT2D eigenvalue weighted by Crippen LogP contribution is 2.24. The third-order valence-corrected chi connectivity index (χ3v) is 3.61. The predicted octanol–water partition coefficient (Wildman–Crippen LogP) is 3.53. The molecule has 0 saturated carbocycles. The van der Waals surface area contributed by atoms with Gasteiger partial charge in [-0.2, -0.15) is 11.8 Å². The monoisotopic (exact) mass is 269 g/mol. The first kappa shape index (κ1) is 15.0. The van der Waals surface area contributed by atoms with E-state index in [9.17, 15) is 9.18 Å². The van der Waals surface area contributed by atoms with Crippen LogP contribution >= 0.6 is 11.8 Å². The summed E-state index contributed by atoms with van der Waals surface area (Å²) in [5.41, 5.74) is 1.86. The molecule has 1 aromatic rings. The summed E-state index contributed by atoms with van der Waals surface area (Å²) in [4.78, 5) is 13.6. The van der Waals surface area contributed by atoms with E-state index in [-0.39, 0.29) is 11.6 Å². The number of hydrogen-bond acceptors (Lipinski definition) is 3. The lowest BCUT2D eigenvalue weighted by molar-refractivity contribution is 0.101. The molecule has 0 aliphatic heterocycles. The summed E-state index contributed by atoms with van der Waals surface area (Å²) < 4.78 is 13.5. The van der Waals surface area contributed by atoms with Crippen molar-refractivity contribution in [2.75, 3.05) is 30.5 Å². The van der Waals surface area contributed by atoms with Gasteiger partial charge in [0.15, 0.2) is 5.78 Å². The average molecular weight is 269 g/mol. The summed E-state index contributed by atoms with van der Waals surface area (Å²) >= 11 is 1.80. The van der Waals surface area contributed by atoms with E-state index in [1.54, 1.807) is 24.8 Å². The number of Topliss-reactive ketones (excluding diaryl/α,β-unsaturated/α-hetero) is 1. The highest BCUT2D eigenvalue weighted by Gasteiger charge is 2.14. The lowest BCUT2D eigenvalue weighted by atomic mass is 10.0. The number of carbonyl (C=O) groups excluding carboxylic acids is 1. The zero-order valence-electron chi connectivity index (χ0n) is 11.4. The van der Waals surface area contributed by atoms with Gasteiger partial charge in [0.1, 0.15) is 5.82 Å². The molecule has 0 aromatic heterocycles. The first-order valence-electron chi connectivity index (χ1n) is 5.98. The molecule has 0 heterocycles. The molecular weight excluding hydrogens is 249 g/mol. The standard InChI is InChI=1S/C14H20FNOS/c1-10-8-14(16(3)6-5-7-18-4)12(11(2)17)9-13(10)15/h8-9H,5-7H2,1-4H3. The second-order valence-electron chi connectivity index (χ2n) is 4.44. The molecule has 0 radical (unpaired) electrons. The number of ketones is 1. The molecule has 0 aliphatic carbocycles. The van der Waals surface area contributed by atoms with Crippen LogP contribution in [0.1, 0.15) is 29.3 Å². The molecular formula is C14H20FNOS. The van der Waals surface area contributed by atoms with E-state index in [4.69, 9.17) is 0 Å². The first-order chi connectivity index (χ1) is 8.47. The van der Waals surface area contributed by atoms with Crippen molar-refractivity contribution < 1.29 is 9.18 Å². The summed E-state index contributed by atoms with van der Waals surface area (Å²) in [6.07, 6.45) is 3.12. The van der Waals surface area contributed by atoms with Gasteiger partial charge < -0.3 is 4.90 Å². The minimum atomic E-state index is -0.318. The van der Waals surface area contributed by atoms with Crippen molar-refractivity contribution in [3.05, 3.63) is 29.1 Å². The minimum absolute atomic E-state index is 0.0967. The van der Waals surface area contributed by atoms with Gasteiger partial charge in [-0.15, -0.1) is 0 Å². The zero-order chi connectivity index (χ0) is 13.7. The van der Waals surface area contributed by atoms with Crippen molar-refractivity contribution >= 4 is 23.2 Å². The summed E-state index contributed by atoms with van der Waals surface area (Å²) in [6.45, 7) is 4.06. The third-order valence-electron chi connectivity index (χ3n) is 2.91. The second-order valence-corrected chi connectivity index (χ2v) is 5.43. The Labute approximate surface area is 113 Å². The van der Waals surface area contributed by atoms with Gasteiger partial charge in [0.05, 0.1) is 0 Å². The van der Waals surface area contributed by atoms with Crippen LogP contribution in [0.2, 0.25) is 0 Å². The Morgan fingerprint density at radius 3 is 2.67 bits per heavy atom. The molecule has 1 rings (SSSR count). The number of nitrogens with zero attached hydrogens (tertiary/aromatic N) is 1. The van der Waals surface area contributed by atoms with Crippen LogP contribution in [-0.4, -0.2) is 31.4 Å². The number of anilines is 1. The van der Waals surface area contributed by atoms with Crippen molar-refractivity contribution in [1.82, 2.24) is 0 Å². The van der Waals surface area contributed by atoms with Gasteiger partial charge in [0.2, 0.25) is 0 Å². The molecule has 0 atom stereocenters. The van der Waals surface area contributed by atoms with E-state index in [2.05, 4.69) is 6.26 Å². The number of hydrogen-bond donors (Lipinski definition) is 0. The molecule has 0 unspecified atom stereocenters. The third kappa shape index (κ3) is 3.73. The molecule has 0 saturated heterocycles. The van der Waals surface area contributed by atoms with Gasteiger partial charge in [-0.3, -0.25) is 4.79 Å². The average Bonchev–Trinajstić information content (AvgIpc) is 2.32. The maximum atomic E-state index is 13.5. The van der Waals surface area contributed by atoms with E-state index in [0.717, 1.165) is 24.4 Å². The minimum Gasteiger partial charge on any atom is -0.374 e. The van der Waals surface area contributed by atoms with Crippen LogP contribution in [-0.2, 0) is 0 Å². The number of halogens is 1. The molecule has 0 bridgehead atoms. The second kappa shape index (κ2) is 6.78. The van der Waals surface area contributed by atoms with Crippen LogP contribution in [0.3, 0.4) is 0 Å². The molecule has 0 spiro atoms. The van der Waals surface area contributed by atoms with Crippen molar-refractivity contribution in [2.45, 2.75) is 20.3 Å². The Bertz CT molecular complexity index is 434. The summed E-state index contributed by atoms with van der Waals surface area (Å²) in [6, 6.07) is 3.10. The maximum Gasteiger partial charge on any atom is 0.161 e. The quantitative estimate of drug-likeness (QED) is 0.582. The number of rotatable bonds is 6. The molecule has 4 heteroatoms. The molecule has 2 nitrogen and oxygen atoms in total. The van der Waals surface area contributed by atoms with Crippen LogP contribution in [0.25, 0.3) is 0 Å². The molecule has 100 valence electrons. The van der Waals surface area contributed by atoms with Crippen molar-refractivity contribution in [3.63, 3.8) is 0 Å². The Balaban J connectivity index is 2.98. The first-order valence-corrected chi connectivity index (χ1v) is 7.38. The Hall–Kier alpha value is -1.03. The topological polar surface area (TPSA) is 20.3 Å². The van der Waals surface area contributed by atoms with E-state index in [1.165, 1.54) is 13.0 Å². The maximum absolute atomic E-state index is 13.5. The van der Waals surface area contributed by atoms with Crippen LogP contribution in [0.5, 0.6) is 0 Å². The fourth-order valence-corrected chi connectivity index (χ4v) is 2.25.